The zero-order chi connectivity index (χ0) is 15.2. The smallest absolute Gasteiger partial charge is 0.146 e. The van der Waals surface area contributed by atoms with Crippen LogP contribution in [0.5, 0.6) is 0 Å². The van der Waals surface area contributed by atoms with Crippen molar-refractivity contribution in [3.8, 4) is 0 Å². The number of nitrogens with zero attached hydrogens (tertiary/aromatic N) is 1. The van der Waals surface area contributed by atoms with E-state index in [-0.39, 0.29) is 5.82 Å². The van der Waals surface area contributed by atoms with E-state index in [1.54, 1.807) is 6.07 Å². The van der Waals surface area contributed by atoms with Crippen molar-refractivity contribution in [1.82, 2.24) is 5.32 Å². The molecule has 21 heavy (non-hydrogen) atoms. The SMILES string of the molecule is CCOC1CCN(c2ccc(CNC(C)C)cc2F)CC1. The average Bonchev–Trinajstić information content (AvgIpc) is 2.47. The van der Waals surface area contributed by atoms with Gasteiger partial charge in [-0.05, 0) is 37.5 Å². The fourth-order valence-electron chi connectivity index (χ4n) is 2.74. The number of benzene rings is 1. The summed E-state index contributed by atoms with van der Waals surface area (Å²) in [5.74, 6) is -0.118. The van der Waals surface area contributed by atoms with Crippen LogP contribution in [0.25, 0.3) is 0 Å². The van der Waals surface area contributed by atoms with Crippen molar-refractivity contribution in [1.29, 1.82) is 0 Å². The summed E-state index contributed by atoms with van der Waals surface area (Å²) in [5.41, 5.74) is 1.72. The van der Waals surface area contributed by atoms with Gasteiger partial charge in [0.05, 0.1) is 11.8 Å². The van der Waals surface area contributed by atoms with Gasteiger partial charge in [-0.25, -0.2) is 4.39 Å². The minimum absolute atomic E-state index is 0.118. The number of halogens is 1. The van der Waals surface area contributed by atoms with Crippen LogP contribution in [0.3, 0.4) is 0 Å². The quantitative estimate of drug-likeness (QED) is 0.871. The summed E-state index contributed by atoms with van der Waals surface area (Å²) in [6.07, 6.45) is 2.29. The van der Waals surface area contributed by atoms with Crippen molar-refractivity contribution in [3.63, 3.8) is 0 Å². The molecule has 0 atom stereocenters. The van der Waals surface area contributed by atoms with Crippen LogP contribution in [-0.2, 0) is 11.3 Å². The van der Waals surface area contributed by atoms with E-state index in [1.165, 1.54) is 0 Å². The lowest BCUT2D eigenvalue weighted by Crippen LogP contribution is -2.37. The molecule has 1 heterocycles. The number of ether oxygens (including phenoxy) is 1. The molecule has 1 aliphatic heterocycles. The van der Waals surface area contributed by atoms with Crippen LogP contribution in [0, 0.1) is 5.82 Å². The van der Waals surface area contributed by atoms with E-state index in [1.807, 2.05) is 19.1 Å². The van der Waals surface area contributed by atoms with E-state index < -0.39 is 0 Å². The maximum atomic E-state index is 14.3. The molecule has 1 N–H and O–H groups in total. The highest BCUT2D eigenvalue weighted by Crippen LogP contribution is 2.25. The first kappa shape index (κ1) is 16.2. The standard InChI is InChI=1S/C17H27FN2O/c1-4-21-15-7-9-20(10-8-15)17-6-5-14(11-16(17)18)12-19-13(2)3/h5-6,11,13,15,19H,4,7-10,12H2,1-3H3. The van der Waals surface area contributed by atoms with Gasteiger partial charge < -0.3 is 15.0 Å². The molecular weight excluding hydrogens is 267 g/mol. The molecule has 1 aromatic rings. The lowest BCUT2D eigenvalue weighted by atomic mass is 10.1. The Morgan fingerprint density at radius 1 is 1.33 bits per heavy atom. The second kappa shape index (κ2) is 7.76. The van der Waals surface area contributed by atoms with Crippen molar-refractivity contribution < 1.29 is 9.13 Å². The number of hydrogen-bond donors (Lipinski definition) is 1. The summed E-state index contributed by atoms with van der Waals surface area (Å²) in [4.78, 5) is 2.13. The van der Waals surface area contributed by atoms with Crippen LogP contribution < -0.4 is 10.2 Å². The first-order valence-electron chi connectivity index (χ1n) is 7.98. The van der Waals surface area contributed by atoms with Gasteiger partial charge in [0, 0.05) is 32.3 Å². The maximum absolute atomic E-state index is 14.3. The molecular formula is C17H27FN2O. The van der Waals surface area contributed by atoms with Gasteiger partial charge >= 0.3 is 0 Å². The third kappa shape index (κ3) is 4.68. The van der Waals surface area contributed by atoms with Gasteiger partial charge in [0.15, 0.2) is 0 Å². The highest BCUT2D eigenvalue weighted by atomic mass is 19.1. The van der Waals surface area contributed by atoms with Crippen LogP contribution in [-0.4, -0.2) is 31.8 Å². The molecule has 4 heteroatoms. The predicted molar refractivity (Wildman–Crippen MR) is 85.2 cm³/mol. The molecule has 118 valence electrons. The Balaban J connectivity index is 1.95. The third-order valence-electron chi connectivity index (χ3n) is 3.91. The van der Waals surface area contributed by atoms with Gasteiger partial charge in [0.2, 0.25) is 0 Å². The molecule has 1 saturated heterocycles. The largest absolute Gasteiger partial charge is 0.378 e. The van der Waals surface area contributed by atoms with Gasteiger partial charge in [-0.1, -0.05) is 19.9 Å². The van der Waals surface area contributed by atoms with Gasteiger partial charge in [0.1, 0.15) is 5.82 Å². The average molecular weight is 294 g/mol. The summed E-state index contributed by atoms with van der Waals surface area (Å²) in [6.45, 7) is 9.41. The number of anilines is 1. The maximum Gasteiger partial charge on any atom is 0.146 e. The van der Waals surface area contributed by atoms with Crippen molar-refractivity contribution >= 4 is 5.69 Å². The number of rotatable bonds is 6. The zero-order valence-electron chi connectivity index (χ0n) is 13.4. The van der Waals surface area contributed by atoms with Gasteiger partial charge in [-0.3, -0.25) is 0 Å². The monoisotopic (exact) mass is 294 g/mol. The van der Waals surface area contributed by atoms with Crippen LogP contribution >= 0.6 is 0 Å². The normalized spacial score (nSPS) is 16.7. The summed E-state index contributed by atoms with van der Waals surface area (Å²) in [5, 5.41) is 3.31. The Kier molecular flexibility index (Phi) is 6.00. The molecule has 1 fully saturated rings. The predicted octanol–water partition coefficient (Wildman–Crippen LogP) is 3.33. The summed E-state index contributed by atoms with van der Waals surface area (Å²) >= 11 is 0. The Morgan fingerprint density at radius 3 is 2.62 bits per heavy atom. The minimum Gasteiger partial charge on any atom is -0.378 e. The fourth-order valence-corrected chi connectivity index (χ4v) is 2.74. The van der Waals surface area contributed by atoms with E-state index in [4.69, 9.17) is 4.74 Å². The number of nitrogens with one attached hydrogen (secondary N) is 1. The Bertz CT molecular complexity index is 442. The lowest BCUT2D eigenvalue weighted by molar-refractivity contribution is 0.0458. The molecule has 1 aliphatic rings. The van der Waals surface area contributed by atoms with E-state index in [0.717, 1.165) is 43.8 Å². The second-order valence-corrected chi connectivity index (χ2v) is 5.96. The van der Waals surface area contributed by atoms with E-state index in [2.05, 4.69) is 24.1 Å². The Labute approximate surface area is 127 Å². The second-order valence-electron chi connectivity index (χ2n) is 5.96. The Hall–Kier alpha value is -1.13. The molecule has 3 nitrogen and oxygen atoms in total. The highest BCUT2D eigenvalue weighted by Gasteiger charge is 2.21. The van der Waals surface area contributed by atoms with Crippen molar-refractivity contribution in [2.45, 2.75) is 52.3 Å². The van der Waals surface area contributed by atoms with Crippen LogP contribution in [0.1, 0.15) is 39.2 Å². The lowest BCUT2D eigenvalue weighted by Gasteiger charge is -2.33. The fraction of sp³-hybridized carbons (Fsp3) is 0.647. The van der Waals surface area contributed by atoms with Crippen molar-refractivity contribution in [3.05, 3.63) is 29.6 Å². The van der Waals surface area contributed by atoms with Gasteiger partial charge in [-0.2, -0.15) is 0 Å². The van der Waals surface area contributed by atoms with Gasteiger partial charge in [0.25, 0.3) is 0 Å². The highest BCUT2D eigenvalue weighted by molar-refractivity contribution is 5.49. The Morgan fingerprint density at radius 2 is 2.05 bits per heavy atom. The molecule has 1 aromatic carbocycles. The topological polar surface area (TPSA) is 24.5 Å². The van der Waals surface area contributed by atoms with Crippen molar-refractivity contribution in [2.24, 2.45) is 0 Å². The van der Waals surface area contributed by atoms with Crippen LogP contribution in [0.15, 0.2) is 18.2 Å². The third-order valence-corrected chi connectivity index (χ3v) is 3.91. The molecule has 0 bridgehead atoms. The number of hydrogen-bond acceptors (Lipinski definition) is 3. The van der Waals surface area contributed by atoms with E-state index in [9.17, 15) is 4.39 Å². The zero-order valence-corrected chi connectivity index (χ0v) is 13.4. The molecule has 0 amide bonds. The van der Waals surface area contributed by atoms with Crippen LogP contribution in [0.2, 0.25) is 0 Å². The molecule has 0 unspecified atom stereocenters. The molecule has 0 spiro atoms. The molecule has 0 saturated carbocycles. The minimum atomic E-state index is -0.118. The van der Waals surface area contributed by atoms with Crippen LogP contribution in [0.4, 0.5) is 10.1 Å². The first-order valence-corrected chi connectivity index (χ1v) is 7.98. The van der Waals surface area contributed by atoms with E-state index >= 15 is 0 Å². The molecule has 0 aliphatic carbocycles. The molecule has 0 radical (unpaired) electrons. The van der Waals surface area contributed by atoms with E-state index in [0.29, 0.717) is 18.7 Å². The first-order chi connectivity index (χ1) is 10.1. The summed E-state index contributed by atoms with van der Waals surface area (Å²) in [7, 11) is 0. The summed E-state index contributed by atoms with van der Waals surface area (Å²) in [6, 6.07) is 5.99. The summed E-state index contributed by atoms with van der Waals surface area (Å²) < 4.78 is 19.9. The van der Waals surface area contributed by atoms with Crippen molar-refractivity contribution in [2.75, 3.05) is 24.6 Å². The molecule has 0 aromatic heterocycles. The van der Waals surface area contributed by atoms with Gasteiger partial charge in [-0.15, -0.1) is 0 Å². The molecule has 2 rings (SSSR count). The number of piperidine rings is 1.